The van der Waals surface area contributed by atoms with Crippen molar-refractivity contribution in [3.63, 3.8) is 0 Å². The summed E-state index contributed by atoms with van der Waals surface area (Å²) in [5.41, 5.74) is 6.42. The van der Waals surface area contributed by atoms with E-state index >= 15 is 0 Å². The normalized spacial score (nSPS) is 11.7. The van der Waals surface area contributed by atoms with Gasteiger partial charge in [-0.1, -0.05) is 42.5 Å². The number of rotatable bonds is 10. The van der Waals surface area contributed by atoms with Crippen LogP contribution in [0.2, 0.25) is 0 Å². The highest BCUT2D eigenvalue weighted by atomic mass is 16.5. The molecule has 0 saturated heterocycles. The van der Waals surface area contributed by atoms with Gasteiger partial charge in [-0.05, 0) is 88.1 Å². The van der Waals surface area contributed by atoms with Gasteiger partial charge in [0, 0.05) is 43.1 Å². The van der Waals surface area contributed by atoms with Crippen LogP contribution in [0.1, 0.15) is 55.5 Å². The molecule has 0 bridgehead atoms. The van der Waals surface area contributed by atoms with E-state index in [9.17, 15) is 10.2 Å². The van der Waals surface area contributed by atoms with Gasteiger partial charge in [0.15, 0.2) is 0 Å². The van der Waals surface area contributed by atoms with Gasteiger partial charge >= 0.3 is 0 Å². The first kappa shape index (κ1) is 25.8. The number of aliphatic hydroxyl groups is 2. The maximum Gasteiger partial charge on any atom is 0.205 e. The Morgan fingerprint density at radius 1 is 0.647 bits per heavy atom. The molecule has 3 rings (SSSR count). The molecule has 0 unspecified atom stereocenters. The Bertz CT molecular complexity index is 1010. The Kier molecular flexibility index (Phi) is 8.40. The van der Waals surface area contributed by atoms with Crippen molar-refractivity contribution in [3.05, 3.63) is 100 Å². The first-order chi connectivity index (χ1) is 16.3. The summed E-state index contributed by atoms with van der Waals surface area (Å²) >= 11 is 0. The topological polar surface area (TPSA) is 46.9 Å². The first-order valence-electron chi connectivity index (χ1n) is 12.4. The predicted octanol–water partition coefficient (Wildman–Crippen LogP) is 5.80. The van der Waals surface area contributed by atoms with Crippen molar-refractivity contribution in [2.45, 2.75) is 47.3 Å². The second kappa shape index (κ2) is 11.1. The Morgan fingerprint density at radius 2 is 1.06 bits per heavy atom. The quantitative estimate of drug-likeness (QED) is 0.376. The highest BCUT2D eigenvalue weighted by Gasteiger charge is 2.41. The van der Waals surface area contributed by atoms with E-state index in [-0.39, 0.29) is 0 Å². The molecule has 0 spiro atoms. The molecule has 3 aromatic carbocycles. The molecule has 4 nitrogen and oxygen atoms in total. The molecule has 2 N–H and O–H groups in total. The lowest BCUT2D eigenvalue weighted by Crippen LogP contribution is -2.36. The van der Waals surface area contributed by atoms with Crippen LogP contribution in [0.3, 0.4) is 0 Å². The lowest BCUT2D eigenvalue weighted by atomic mass is 9.77. The highest BCUT2D eigenvalue weighted by Crippen LogP contribution is 2.43. The van der Waals surface area contributed by atoms with E-state index in [0.29, 0.717) is 11.5 Å². The van der Waals surface area contributed by atoms with Gasteiger partial charge in [-0.2, -0.15) is 0 Å². The summed E-state index contributed by atoms with van der Waals surface area (Å²) in [7, 11) is 0. The second-order valence-electron chi connectivity index (χ2n) is 8.76. The van der Waals surface area contributed by atoms with Crippen LogP contribution in [0.15, 0.2) is 66.7 Å². The minimum absolute atomic E-state index is 0.449. The molecular formula is C30H39N2O2. The standard InChI is InChI=1S/C30H39N2O2/c1-7-31(8-2)25-16-18-27(22(5)20-25)29(30(33,34)24-14-12-11-13-15-24)28-19-17-26(21-23(28)6)32(9-3)10-4/h11-21,33-34H,7-10H2,1-6H3. The number of benzene rings is 3. The second-order valence-corrected chi connectivity index (χ2v) is 8.76. The van der Waals surface area contributed by atoms with Gasteiger partial charge in [0.1, 0.15) is 0 Å². The van der Waals surface area contributed by atoms with Crippen LogP contribution in [-0.2, 0) is 5.79 Å². The van der Waals surface area contributed by atoms with Crippen molar-refractivity contribution in [2.24, 2.45) is 0 Å². The molecule has 34 heavy (non-hydrogen) atoms. The van der Waals surface area contributed by atoms with Crippen LogP contribution in [0, 0.1) is 19.8 Å². The Labute approximate surface area is 205 Å². The minimum atomic E-state index is -2.15. The fourth-order valence-electron chi connectivity index (χ4n) is 4.76. The molecule has 0 aliphatic rings. The van der Waals surface area contributed by atoms with Gasteiger partial charge in [-0.15, -0.1) is 0 Å². The molecule has 4 heteroatoms. The van der Waals surface area contributed by atoms with Gasteiger partial charge in [0.25, 0.3) is 0 Å². The molecule has 0 aliphatic heterocycles. The highest BCUT2D eigenvalue weighted by molar-refractivity contribution is 5.63. The van der Waals surface area contributed by atoms with Gasteiger partial charge in [-0.3, -0.25) is 0 Å². The molecule has 0 aromatic heterocycles. The van der Waals surface area contributed by atoms with E-state index in [0.717, 1.165) is 59.8 Å². The van der Waals surface area contributed by atoms with Crippen molar-refractivity contribution in [3.8, 4) is 0 Å². The van der Waals surface area contributed by atoms with Crippen LogP contribution >= 0.6 is 0 Å². The van der Waals surface area contributed by atoms with Gasteiger partial charge in [0.2, 0.25) is 5.79 Å². The number of aryl methyl sites for hydroxylation is 2. The fourth-order valence-corrected chi connectivity index (χ4v) is 4.76. The third kappa shape index (κ3) is 5.13. The summed E-state index contributed by atoms with van der Waals surface area (Å²) in [6.07, 6.45) is 0. The third-order valence-corrected chi connectivity index (χ3v) is 6.74. The van der Waals surface area contributed by atoms with Crippen LogP contribution in [0.4, 0.5) is 11.4 Å². The van der Waals surface area contributed by atoms with E-state index in [2.05, 4.69) is 61.8 Å². The number of hydrogen-bond donors (Lipinski definition) is 2. The van der Waals surface area contributed by atoms with E-state index in [1.54, 1.807) is 12.1 Å². The monoisotopic (exact) mass is 459 g/mol. The van der Waals surface area contributed by atoms with E-state index in [1.165, 1.54) is 0 Å². The van der Waals surface area contributed by atoms with Crippen molar-refractivity contribution in [1.82, 2.24) is 0 Å². The predicted molar refractivity (Wildman–Crippen MR) is 143 cm³/mol. The number of nitrogens with zero attached hydrogens (tertiary/aromatic N) is 2. The summed E-state index contributed by atoms with van der Waals surface area (Å²) in [4.78, 5) is 4.59. The molecule has 0 aliphatic carbocycles. The molecular weight excluding hydrogens is 420 g/mol. The van der Waals surface area contributed by atoms with Crippen LogP contribution in [-0.4, -0.2) is 36.4 Å². The van der Waals surface area contributed by atoms with Crippen molar-refractivity contribution in [2.75, 3.05) is 36.0 Å². The lowest BCUT2D eigenvalue weighted by Gasteiger charge is -2.34. The minimum Gasteiger partial charge on any atom is -0.372 e. The Balaban J connectivity index is 2.19. The summed E-state index contributed by atoms with van der Waals surface area (Å²) in [6, 6.07) is 21.6. The van der Waals surface area contributed by atoms with E-state index < -0.39 is 5.79 Å². The zero-order valence-corrected chi connectivity index (χ0v) is 21.5. The smallest absolute Gasteiger partial charge is 0.205 e. The number of anilines is 2. The molecule has 0 amide bonds. The van der Waals surface area contributed by atoms with Crippen molar-refractivity contribution < 1.29 is 10.2 Å². The molecule has 0 atom stereocenters. The molecule has 1 radical (unpaired) electrons. The van der Waals surface area contributed by atoms with Gasteiger partial charge in [-0.25, -0.2) is 0 Å². The fraction of sp³-hybridized carbons (Fsp3) is 0.367. The SMILES string of the molecule is CCN(CC)c1ccc([C](c2ccc(N(CC)CC)cc2C)C(O)(O)c2ccccc2)c(C)c1. The van der Waals surface area contributed by atoms with E-state index in [4.69, 9.17) is 0 Å². The molecule has 0 saturated carbocycles. The Hall–Kier alpha value is -2.82. The summed E-state index contributed by atoms with van der Waals surface area (Å²) < 4.78 is 0. The van der Waals surface area contributed by atoms with Crippen LogP contribution in [0.25, 0.3) is 0 Å². The zero-order chi connectivity index (χ0) is 24.9. The summed E-state index contributed by atoms with van der Waals surface area (Å²) in [5, 5.41) is 23.3. The van der Waals surface area contributed by atoms with Crippen molar-refractivity contribution >= 4 is 11.4 Å². The maximum atomic E-state index is 11.6. The molecule has 181 valence electrons. The third-order valence-electron chi connectivity index (χ3n) is 6.74. The Morgan fingerprint density at radius 3 is 1.41 bits per heavy atom. The summed E-state index contributed by atoms with van der Waals surface area (Å²) in [5.74, 6) is -1.64. The van der Waals surface area contributed by atoms with E-state index in [1.807, 2.05) is 44.2 Å². The average Bonchev–Trinajstić information content (AvgIpc) is 2.84. The van der Waals surface area contributed by atoms with Crippen LogP contribution < -0.4 is 9.80 Å². The van der Waals surface area contributed by atoms with Crippen molar-refractivity contribution in [1.29, 1.82) is 0 Å². The number of hydrogen-bond acceptors (Lipinski definition) is 4. The van der Waals surface area contributed by atoms with Crippen LogP contribution in [0.5, 0.6) is 0 Å². The van der Waals surface area contributed by atoms with Gasteiger partial charge < -0.3 is 20.0 Å². The molecule has 0 heterocycles. The molecule has 3 aromatic rings. The summed E-state index contributed by atoms with van der Waals surface area (Å²) in [6.45, 7) is 16.4. The lowest BCUT2D eigenvalue weighted by molar-refractivity contribution is -0.147. The zero-order valence-electron chi connectivity index (χ0n) is 21.5. The largest absolute Gasteiger partial charge is 0.372 e. The van der Waals surface area contributed by atoms with Gasteiger partial charge in [0.05, 0.1) is 5.92 Å². The first-order valence-corrected chi connectivity index (χ1v) is 12.4. The molecule has 0 fully saturated rings. The average molecular weight is 460 g/mol. The maximum absolute atomic E-state index is 11.6.